The Bertz CT molecular complexity index is 533. The molecule has 1 saturated heterocycles. The van der Waals surface area contributed by atoms with Crippen LogP contribution in [0, 0.1) is 11.6 Å². The van der Waals surface area contributed by atoms with Gasteiger partial charge in [-0.25, -0.2) is 17.2 Å². The molecule has 19 heavy (non-hydrogen) atoms. The van der Waals surface area contributed by atoms with Crippen LogP contribution < -0.4 is 5.32 Å². The minimum Gasteiger partial charge on any atom is -0.314 e. The zero-order valence-corrected chi connectivity index (χ0v) is 11.9. The molecule has 4 nitrogen and oxygen atoms in total. The molecule has 1 aliphatic heterocycles. The van der Waals surface area contributed by atoms with E-state index in [2.05, 4.69) is 5.32 Å². The highest BCUT2D eigenvalue weighted by Gasteiger charge is 2.34. The molecule has 0 aromatic heterocycles. The fourth-order valence-corrected chi connectivity index (χ4v) is 3.77. The Hall–Kier alpha value is -0.760. The lowest BCUT2D eigenvalue weighted by atomic mass is 10.3. The summed E-state index contributed by atoms with van der Waals surface area (Å²) in [5, 5.41) is 3.02. The molecule has 1 N–H and O–H groups in total. The van der Waals surface area contributed by atoms with Crippen LogP contribution in [0.15, 0.2) is 23.1 Å². The monoisotopic (exact) mass is 312 g/mol. The fourth-order valence-electron chi connectivity index (χ4n) is 2.03. The number of piperazine rings is 1. The van der Waals surface area contributed by atoms with Crippen molar-refractivity contribution in [3.05, 3.63) is 29.8 Å². The number of halogens is 3. The van der Waals surface area contributed by atoms with Crippen LogP contribution in [0.1, 0.15) is 6.92 Å². The molecule has 2 rings (SSSR count). The second-order valence-electron chi connectivity index (χ2n) is 4.22. The first-order chi connectivity index (χ1) is 8.44. The number of rotatable bonds is 2. The van der Waals surface area contributed by atoms with Crippen molar-refractivity contribution < 1.29 is 17.2 Å². The molecular weight excluding hydrogens is 298 g/mol. The molecule has 1 heterocycles. The van der Waals surface area contributed by atoms with Crippen LogP contribution in [0.3, 0.4) is 0 Å². The lowest BCUT2D eigenvalue weighted by Gasteiger charge is -2.32. The third kappa shape index (κ3) is 3.05. The Morgan fingerprint density at radius 3 is 2.42 bits per heavy atom. The van der Waals surface area contributed by atoms with Crippen molar-refractivity contribution in [2.75, 3.05) is 19.6 Å². The SMILES string of the molecule is C[C@H]1CNCCN1S(=O)(=O)c1c(F)cccc1F.Cl. The molecule has 0 radical (unpaired) electrons. The molecule has 0 bridgehead atoms. The minimum atomic E-state index is -4.13. The average molecular weight is 313 g/mol. The molecule has 0 spiro atoms. The van der Waals surface area contributed by atoms with Gasteiger partial charge in [-0.15, -0.1) is 12.4 Å². The van der Waals surface area contributed by atoms with Gasteiger partial charge in [0.25, 0.3) is 0 Å². The predicted octanol–water partition coefficient (Wildman–Crippen LogP) is 1.37. The van der Waals surface area contributed by atoms with E-state index in [9.17, 15) is 17.2 Å². The zero-order valence-electron chi connectivity index (χ0n) is 10.3. The summed E-state index contributed by atoms with van der Waals surface area (Å²) < 4.78 is 52.8. The van der Waals surface area contributed by atoms with Gasteiger partial charge in [0.1, 0.15) is 11.6 Å². The van der Waals surface area contributed by atoms with Crippen molar-refractivity contribution in [2.45, 2.75) is 17.9 Å². The van der Waals surface area contributed by atoms with E-state index in [1.165, 1.54) is 0 Å². The van der Waals surface area contributed by atoms with Crippen molar-refractivity contribution in [1.82, 2.24) is 9.62 Å². The third-order valence-corrected chi connectivity index (χ3v) is 4.99. The molecule has 1 aliphatic rings. The molecule has 8 heteroatoms. The van der Waals surface area contributed by atoms with E-state index in [0.717, 1.165) is 22.5 Å². The van der Waals surface area contributed by atoms with E-state index < -0.39 is 26.6 Å². The van der Waals surface area contributed by atoms with Crippen LogP contribution in [0.2, 0.25) is 0 Å². The maximum absolute atomic E-state index is 13.6. The van der Waals surface area contributed by atoms with Crippen LogP contribution in [0.5, 0.6) is 0 Å². The molecular formula is C11H15ClF2N2O2S. The Morgan fingerprint density at radius 1 is 1.32 bits per heavy atom. The molecule has 1 aromatic rings. The summed E-state index contributed by atoms with van der Waals surface area (Å²) in [6.07, 6.45) is 0. The lowest BCUT2D eigenvalue weighted by molar-refractivity contribution is 0.281. The first-order valence-corrected chi connectivity index (χ1v) is 7.05. The van der Waals surface area contributed by atoms with Gasteiger partial charge in [0.15, 0.2) is 4.90 Å². The van der Waals surface area contributed by atoms with Crippen LogP contribution in [0.4, 0.5) is 8.78 Å². The topological polar surface area (TPSA) is 49.4 Å². The molecule has 0 aliphatic carbocycles. The molecule has 1 atom stereocenters. The van der Waals surface area contributed by atoms with E-state index >= 15 is 0 Å². The van der Waals surface area contributed by atoms with Crippen molar-refractivity contribution in [1.29, 1.82) is 0 Å². The number of hydrogen-bond donors (Lipinski definition) is 1. The zero-order chi connectivity index (χ0) is 13.3. The van der Waals surface area contributed by atoms with E-state index in [1.807, 2.05) is 0 Å². The standard InChI is InChI=1S/C11H14F2N2O2S.ClH/c1-8-7-14-5-6-15(8)18(16,17)11-9(12)3-2-4-10(11)13;/h2-4,8,14H,5-7H2,1H3;1H/t8-;/m0./s1. The Labute approximate surface area is 117 Å². The van der Waals surface area contributed by atoms with Gasteiger partial charge in [0, 0.05) is 25.7 Å². The van der Waals surface area contributed by atoms with Gasteiger partial charge in [-0.3, -0.25) is 0 Å². The van der Waals surface area contributed by atoms with Crippen molar-refractivity contribution in [3.8, 4) is 0 Å². The molecule has 1 aromatic carbocycles. The van der Waals surface area contributed by atoms with Crippen molar-refractivity contribution >= 4 is 22.4 Å². The number of nitrogens with one attached hydrogen (secondary N) is 1. The van der Waals surface area contributed by atoms with Gasteiger partial charge >= 0.3 is 0 Å². The van der Waals surface area contributed by atoms with Crippen LogP contribution in [-0.4, -0.2) is 38.4 Å². The Kier molecular flexibility index (Phi) is 5.26. The number of sulfonamides is 1. The summed E-state index contributed by atoms with van der Waals surface area (Å²) in [6, 6.07) is 2.71. The van der Waals surface area contributed by atoms with Gasteiger partial charge in [-0.05, 0) is 19.1 Å². The smallest absolute Gasteiger partial charge is 0.249 e. The molecule has 0 unspecified atom stereocenters. The summed E-state index contributed by atoms with van der Waals surface area (Å²) in [4.78, 5) is -0.862. The number of benzene rings is 1. The number of nitrogens with zero attached hydrogens (tertiary/aromatic N) is 1. The minimum absolute atomic E-state index is 0. The Morgan fingerprint density at radius 2 is 1.89 bits per heavy atom. The highest BCUT2D eigenvalue weighted by Crippen LogP contribution is 2.24. The van der Waals surface area contributed by atoms with Crippen molar-refractivity contribution in [3.63, 3.8) is 0 Å². The van der Waals surface area contributed by atoms with E-state index in [1.54, 1.807) is 6.92 Å². The first kappa shape index (κ1) is 16.3. The maximum atomic E-state index is 13.6. The largest absolute Gasteiger partial charge is 0.314 e. The van der Waals surface area contributed by atoms with Gasteiger partial charge in [0.2, 0.25) is 10.0 Å². The first-order valence-electron chi connectivity index (χ1n) is 5.61. The molecule has 1 fully saturated rings. The van der Waals surface area contributed by atoms with Gasteiger partial charge in [-0.2, -0.15) is 4.31 Å². The second-order valence-corrected chi connectivity index (χ2v) is 6.05. The Balaban J connectivity index is 0.00000180. The number of hydrogen-bond acceptors (Lipinski definition) is 3. The van der Waals surface area contributed by atoms with Gasteiger partial charge in [-0.1, -0.05) is 6.07 Å². The predicted molar refractivity (Wildman–Crippen MR) is 69.8 cm³/mol. The van der Waals surface area contributed by atoms with E-state index in [-0.39, 0.29) is 25.0 Å². The fraction of sp³-hybridized carbons (Fsp3) is 0.455. The third-order valence-electron chi connectivity index (χ3n) is 2.93. The van der Waals surface area contributed by atoms with Crippen molar-refractivity contribution in [2.24, 2.45) is 0 Å². The van der Waals surface area contributed by atoms with Crippen LogP contribution in [-0.2, 0) is 10.0 Å². The maximum Gasteiger partial charge on any atom is 0.249 e. The lowest BCUT2D eigenvalue weighted by Crippen LogP contribution is -2.52. The molecule has 108 valence electrons. The normalized spacial score (nSPS) is 20.9. The second kappa shape index (κ2) is 6.13. The molecule has 0 amide bonds. The quantitative estimate of drug-likeness (QED) is 0.897. The van der Waals surface area contributed by atoms with Crippen LogP contribution >= 0.6 is 12.4 Å². The van der Waals surface area contributed by atoms with Crippen LogP contribution in [0.25, 0.3) is 0 Å². The van der Waals surface area contributed by atoms with E-state index in [4.69, 9.17) is 0 Å². The average Bonchev–Trinajstić information content (AvgIpc) is 2.28. The summed E-state index contributed by atoms with van der Waals surface area (Å²) in [6.45, 7) is 2.84. The van der Waals surface area contributed by atoms with Gasteiger partial charge in [0.05, 0.1) is 0 Å². The highest BCUT2D eigenvalue weighted by molar-refractivity contribution is 7.89. The summed E-state index contributed by atoms with van der Waals surface area (Å²) >= 11 is 0. The molecule has 0 saturated carbocycles. The highest BCUT2D eigenvalue weighted by atomic mass is 35.5. The van der Waals surface area contributed by atoms with E-state index in [0.29, 0.717) is 13.1 Å². The summed E-state index contributed by atoms with van der Waals surface area (Å²) in [5.74, 6) is -2.11. The van der Waals surface area contributed by atoms with Gasteiger partial charge < -0.3 is 5.32 Å². The summed E-state index contributed by atoms with van der Waals surface area (Å²) in [7, 11) is -4.13. The summed E-state index contributed by atoms with van der Waals surface area (Å²) in [5.41, 5.74) is 0.